The van der Waals surface area contributed by atoms with Crippen molar-refractivity contribution >= 4 is 52.1 Å². The molecule has 4 aromatic carbocycles. The van der Waals surface area contributed by atoms with Crippen molar-refractivity contribution in [2.45, 2.75) is 107 Å². The highest BCUT2D eigenvalue weighted by Gasteiger charge is 2.55. The van der Waals surface area contributed by atoms with Crippen LogP contribution in [0, 0.1) is 35.1 Å². The third-order valence-corrected chi connectivity index (χ3v) is 17.9. The van der Waals surface area contributed by atoms with Crippen LogP contribution in [0.5, 0.6) is 11.5 Å². The number of hydrogen-bond donors (Lipinski definition) is 4. The van der Waals surface area contributed by atoms with Crippen molar-refractivity contribution in [2.24, 2.45) is 24.6 Å². The van der Waals surface area contributed by atoms with Crippen LogP contribution in [0.1, 0.15) is 116 Å². The van der Waals surface area contributed by atoms with Crippen LogP contribution >= 0.6 is 11.6 Å². The Bertz CT molecular complexity index is 3160. The number of nitrogens with one attached hydrogen (secondary N) is 2. The number of anilines is 1. The average molecular weight is 1080 g/mol. The first kappa shape index (κ1) is 52.8. The van der Waals surface area contributed by atoms with Crippen molar-refractivity contribution in [1.82, 2.24) is 30.2 Å². The van der Waals surface area contributed by atoms with Crippen molar-refractivity contribution in [1.29, 1.82) is 0 Å². The van der Waals surface area contributed by atoms with Gasteiger partial charge in [-0.15, -0.1) is 0 Å². The van der Waals surface area contributed by atoms with E-state index in [9.17, 15) is 24.3 Å². The number of aryl methyl sites for hydroxylation is 1. The number of carbonyl (C=O) groups excluding carboxylic acids is 4. The molecule has 5 aromatic rings. The van der Waals surface area contributed by atoms with Crippen LogP contribution in [0.2, 0.25) is 5.02 Å². The Morgan fingerprint density at radius 2 is 1.66 bits per heavy atom. The molecular weight excluding hydrogens is 1020 g/mol. The van der Waals surface area contributed by atoms with Crippen molar-refractivity contribution in [3.63, 3.8) is 0 Å². The van der Waals surface area contributed by atoms with E-state index >= 15 is 17.6 Å². The minimum Gasteiger partial charge on any atom is -0.488 e. The number of likely N-dealkylation sites (tertiary alicyclic amines) is 2. The highest BCUT2D eigenvalue weighted by molar-refractivity contribution is 6.34. The van der Waals surface area contributed by atoms with Crippen molar-refractivity contribution in [3.8, 4) is 22.6 Å². The van der Waals surface area contributed by atoms with Gasteiger partial charge in [0.2, 0.25) is 17.7 Å². The van der Waals surface area contributed by atoms with E-state index in [0.29, 0.717) is 56.8 Å². The molecule has 15 nitrogen and oxygen atoms in total. The minimum absolute atomic E-state index is 0.0325. The van der Waals surface area contributed by atoms with Gasteiger partial charge >= 0.3 is 6.03 Å². The van der Waals surface area contributed by atoms with Crippen molar-refractivity contribution in [2.75, 3.05) is 57.4 Å². The number of carbonyl (C=O) groups is 4. The zero-order valence-corrected chi connectivity index (χ0v) is 43.9. The zero-order chi connectivity index (χ0) is 54.1. The molecule has 3 unspecified atom stereocenters. The maximum absolute atomic E-state index is 16.5. The molecule has 1 spiro atoms. The first-order chi connectivity index (χ1) is 37.0. The molecule has 2 aliphatic carbocycles. The Hall–Kier alpha value is -6.28. The minimum atomic E-state index is -1.13. The summed E-state index contributed by atoms with van der Waals surface area (Å²) in [6.45, 7) is 4.56. The number of nitrogens with zero attached hydrogens (tertiary/aromatic N) is 5. The number of halogens is 5. The van der Waals surface area contributed by atoms with E-state index in [-0.39, 0.29) is 106 Å². The molecule has 0 radical (unpaired) electrons. The fraction of sp³-hybridized carbons (Fsp3) is 0.491. The summed E-state index contributed by atoms with van der Waals surface area (Å²) in [4.78, 5) is 57.4. The number of hydrogen-bond acceptors (Lipinski definition) is 10. The van der Waals surface area contributed by atoms with Crippen LogP contribution in [0.4, 0.5) is 28.2 Å². The van der Waals surface area contributed by atoms with E-state index in [1.807, 2.05) is 37.3 Å². The van der Waals surface area contributed by atoms with Gasteiger partial charge in [-0.05, 0) is 113 Å². The Kier molecular flexibility index (Phi) is 14.3. The molecule has 2 saturated carbocycles. The topological polar surface area (TPSA) is 185 Å². The van der Waals surface area contributed by atoms with Gasteiger partial charge in [-0.3, -0.25) is 29.3 Å². The molecule has 4 aliphatic heterocycles. The number of imide groups is 1. The summed E-state index contributed by atoms with van der Waals surface area (Å²) in [7, 11) is 1.56. The van der Waals surface area contributed by atoms with Gasteiger partial charge in [-0.25, -0.2) is 22.4 Å². The number of aromatic nitrogens is 2. The Morgan fingerprint density at radius 1 is 0.922 bits per heavy atom. The molecule has 3 saturated heterocycles. The van der Waals surface area contributed by atoms with Gasteiger partial charge in [-0.2, -0.15) is 5.10 Å². The number of amides is 5. The second-order valence-corrected chi connectivity index (χ2v) is 22.4. The van der Waals surface area contributed by atoms with E-state index in [4.69, 9.17) is 26.8 Å². The fourth-order valence-electron chi connectivity index (χ4n) is 13.4. The van der Waals surface area contributed by atoms with Crippen molar-refractivity contribution in [3.05, 3.63) is 105 Å². The lowest BCUT2D eigenvalue weighted by molar-refractivity contribution is -0.142. The molecule has 77 heavy (non-hydrogen) atoms. The number of urea groups is 1. The average Bonchev–Trinajstić information content (AvgIpc) is 4.16. The molecule has 408 valence electrons. The zero-order valence-electron chi connectivity index (χ0n) is 43.1. The summed E-state index contributed by atoms with van der Waals surface area (Å²) in [5.74, 6) is -4.98. The van der Waals surface area contributed by atoms with E-state index in [2.05, 4.69) is 25.5 Å². The molecular formula is C57H63ClF4N8O7. The highest BCUT2D eigenvalue weighted by Crippen LogP contribution is 2.57. The van der Waals surface area contributed by atoms with Crippen LogP contribution in [0.3, 0.4) is 0 Å². The first-order valence-electron chi connectivity index (χ1n) is 26.9. The number of rotatable bonds is 14. The van der Waals surface area contributed by atoms with E-state index in [0.717, 1.165) is 50.6 Å². The van der Waals surface area contributed by atoms with Gasteiger partial charge < -0.3 is 35.4 Å². The lowest BCUT2D eigenvalue weighted by Crippen LogP contribution is -2.53. The fourth-order valence-corrected chi connectivity index (χ4v) is 13.7. The van der Waals surface area contributed by atoms with Gasteiger partial charge in [0, 0.05) is 91.4 Å². The maximum Gasteiger partial charge on any atom is 0.329 e. The van der Waals surface area contributed by atoms with Gasteiger partial charge in [0.05, 0.1) is 22.6 Å². The van der Waals surface area contributed by atoms with Crippen molar-refractivity contribution < 1.29 is 51.3 Å². The van der Waals surface area contributed by atoms with Crippen LogP contribution in [0.15, 0.2) is 54.6 Å². The predicted molar refractivity (Wildman–Crippen MR) is 280 cm³/mol. The second-order valence-electron chi connectivity index (χ2n) is 22.0. The molecule has 5 amide bonds. The number of benzene rings is 4. The second kappa shape index (κ2) is 20.8. The van der Waals surface area contributed by atoms with E-state index in [1.165, 1.54) is 33.8 Å². The molecule has 5 heterocycles. The molecule has 6 aliphatic rings. The molecule has 5 N–H and O–H groups in total. The van der Waals surface area contributed by atoms with Gasteiger partial charge in [0.1, 0.15) is 29.5 Å². The summed E-state index contributed by atoms with van der Waals surface area (Å²) in [5.41, 5.74) is 5.23. The molecule has 1 aromatic heterocycles. The predicted octanol–water partition coefficient (Wildman–Crippen LogP) is 8.56. The van der Waals surface area contributed by atoms with Crippen LogP contribution < -0.4 is 30.7 Å². The number of fused-ring (bicyclic) bond motifs is 2. The summed E-state index contributed by atoms with van der Waals surface area (Å²) in [5, 5.41) is 19.5. The van der Waals surface area contributed by atoms with Crippen LogP contribution in [-0.4, -0.2) is 113 Å². The third kappa shape index (κ3) is 9.47. The first-order valence-corrected chi connectivity index (χ1v) is 27.3. The summed E-state index contributed by atoms with van der Waals surface area (Å²) in [6, 6.07) is 13.8. The quantitative estimate of drug-likeness (QED) is 0.0786. The Balaban J connectivity index is 0.715. The highest BCUT2D eigenvalue weighted by atomic mass is 35.5. The normalized spacial score (nSPS) is 24.5. The number of piperidine rings is 2. The standard InChI is InChI=1S/C57H63ClF4N8O7/c1-31-44-42(27-40(60)48(58)47(44)46-37(52(63)73)12-13-41(49(46)61)76-25-24-71)77-57(31,35-6-4-3-5-7-35)30-64-36-10-8-34(9-11-36)54(74)70-23-14-32(28-56(70)18-19-56)29-68-20-15-33(16-21-68)45-39(59)26-38-51(50(45)62)67(2)66-53(38)69-22-17-43(72)65-55(69)75/h3-7,12-13,26-27,31-34,36,64,71H,8-11,14-25,28-30H2,1-2H3,(H2,63,73)(H,65,72,75). The Morgan fingerprint density at radius 3 is 2.35 bits per heavy atom. The van der Waals surface area contributed by atoms with E-state index < -0.39 is 64.3 Å². The lowest BCUT2D eigenvalue weighted by Gasteiger charge is -2.44. The summed E-state index contributed by atoms with van der Waals surface area (Å²) < 4.78 is 78.3. The van der Waals surface area contributed by atoms with Gasteiger partial charge in [0.25, 0.3) is 0 Å². The van der Waals surface area contributed by atoms with Crippen LogP contribution in [-0.2, 0) is 22.2 Å². The monoisotopic (exact) mass is 1080 g/mol. The Labute approximate surface area is 448 Å². The third-order valence-electron chi connectivity index (χ3n) is 17.6. The van der Waals surface area contributed by atoms with Crippen LogP contribution in [0.25, 0.3) is 22.0 Å². The number of ether oxygens (including phenoxy) is 2. The summed E-state index contributed by atoms with van der Waals surface area (Å²) in [6.07, 6.45) is 7.90. The maximum atomic E-state index is 16.5. The summed E-state index contributed by atoms with van der Waals surface area (Å²) >= 11 is 6.74. The smallest absolute Gasteiger partial charge is 0.329 e. The molecule has 5 fully saturated rings. The van der Waals surface area contributed by atoms with Gasteiger partial charge in [0.15, 0.2) is 28.8 Å². The number of aliphatic hydroxyl groups excluding tert-OH is 1. The number of primary amides is 1. The molecule has 20 heteroatoms. The molecule has 3 atom stereocenters. The number of nitrogens with two attached hydrogens (primary N) is 1. The molecule has 11 rings (SSSR count). The SMILES string of the molecule is CC1c2c(cc(F)c(Cl)c2-c2c(C(N)=O)ccc(OCCO)c2F)OC1(CNC1CCC(C(=O)N2CCC(CN3CCC(c4c(F)cc5c(N6CCC(=O)NC6=O)nn(C)c5c4F)CC3)CC23CC3)CC1)c1ccccc1. The largest absolute Gasteiger partial charge is 0.488 e. The van der Waals surface area contributed by atoms with E-state index in [1.54, 1.807) is 7.05 Å². The number of aliphatic hydroxyl groups is 1. The lowest BCUT2D eigenvalue weighted by atomic mass is 9.77. The van der Waals surface area contributed by atoms with Gasteiger partial charge in [-0.1, -0.05) is 48.9 Å². The molecule has 0 bridgehead atoms.